The van der Waals surface area contributed by atoms with Crippen LogP contribution in [0.1, 0.15) is 73.6 Å². The van der Waals surface area contributed by atoms with E-state index in [2.05, 4.69) is 32.6 Å². The maximum Gasteiger partial charge on any atom is 0.408 e. The molecule has 1 aliphatic heterocycles. The fourth-order valence-electron chi connectivity index (χ4n) is 7.20. The summed E-state index contributed by atoms with van der Waals surface area (Å²) in [4.78, 5) is 41.6. The minimum atomic E-state index is -0.766. The van der Waals surface area contributed by atoms with Gasteiger partial charge in [0.2, 0.25) is 11.8 Å². The van der Waals surface area contributed by atoms with Gasteiger partial charge >= 0.3 is 6.09 Å². The number of pyridine rings is 1. The number of alkyl carbamates (subject to hydrolysis) is 1. The lowest BCUT2D eigenvalue weighted by molar-refractivity contribution is 0.0750. The van der Waals surface area contributed by atoms with Crippen molar-refractivity contribution in [3.8, 4) is 11.8 Å². The van der Waals surface area contributed by atoms with Crippen molar-refractivity contribution in [3.05, 3.63) is 89.5 Å². The molecule has 256 valence electrons. The number of piperidine rings is 1. The van der Waals surface area contributed by atoms with Gasteiger partial charge in [0, 0.05) is 55.6 Å². The Balaban J connectivity index is 1.02. The van der Waals surface area contributed by atoms with Gasteiger partial charge in [0.1, 0.15) is 18.5 Å². The van der Waals surface area contributed by atoms with Crippen molar-refractivity contribution in [1.82, 2.24) is 34.9 Å². The molecular formula is C37H44N8O4. The van der Waals surface area contributed by atoms with E-state index in [1.807, 2.05) is 68.1 Å². The van der Waals surface area contributed by atoms with E-state index in [1.54, 1.807) is 29.3 Å². The molecule has 2 aliphatic carbocycles. The molecular weight excluding hydrogens is 620 g/mol. The van der Waals surface area contributed by atoms with Crippen LogP contribution in [0.2, 0.25) is 0 Å². The number of hydrogen-bond donors (Lipinski definition) is 2. The fourth-order valence-corrected chi connectivity index (χ4v) is 7.20. The third-order valence-electron chi connectivity index (χ3n) is 10.2. The van der Waals surface area contributed by atoms with E-state index < -0.39 is 11.6 Å². The standard InChI is InChI=1S/C37H44N8O4/c1-23(26-13-8-9-14-26)40-31-17-27(37(3,4)42-36(47)48-22-25-11-6-5-7-12-25)18-32(41-31)49-33-29-19-44(20-30(29)33)34(46)28-21-45(43-24(28)2)35-38-15-10-16-39-35/h5-7,10-12,15-18,21,23,26,29-30,33H,8-9,13-14,19-20,22H2,1-4H3,(H,40,41)(H,42,47)/t23?,29-,30+,33?. The van der Waals surface area contributed by atoms with Crippen LogP contribution in [0.5, 0.6) is 5.88 Å². The van der Waals surface area contributed by atoms with Crippen LogP contribution in [0, 0.1) is 24.7 Å². The Morgan fingerprint density at radius 2 is 1.73 bits per heavy atom. The van der Waals surface area contributed by atoms with Gasteiger partial charge in [0.25, 0.3) is 5.91 Å². The number of amides is 2. The van der Waals surface area contributed by atoms with Crippen molar-refractivity contribution in [3.63, 3.8) is 0 Å². The van der Waals surface area contributed by atoms with E-state index in [0.29, 0.717) is 42.1 Å². The zero-order valence-corrected chi connectivity index (χ0v) is 28.5. The molecule has 3 fully saturated rings. The van der Waals surface area contributed by atoms with Crippen molar-refractivity contribution in [2.24, 2.45) is 17.8 Å². The normalized spacial score (nSPS) is 20.8. The van der Waals surface area contributed by atoms with Crippen LogP contribution in [-0.4, -0.2) is 66.9 Å². The molecule has 4 aromatic rings. The minimum absolute atomic E-state index is 0.0413. The monoisotopic (exact) mass is 664 g/mol. The Kier molecular flexibility index (Phi) is 8.96. The van der Waals surface area contributed by atoms with Gasteiger partial charge in [-0.2, -0.15) is 10.1 Å². The quantitative estimate of drug-likeness (QED) is 0.208. The number of fused-ring (bicyclic) bond motifs is 1. The van der Waals surface area contributed by atoms with Crippen LogP contribution < -0.4 is 15.4 Å². The molecule has 2 N–H and O–H groups in total. The van der Waals surface area contributed by atoms with E-state index in [-0.39, 0.29) is 36.5 Å². The van der Waals surface area contributed by atoms with Crippen molar-refractivity contribution in [2.45, 2.75) is 77.7 Å². The topological polar surface area (TPSA) is 136 Å². The fraction of sp³-hybridized carbons (Fsp3) is 0.459. The molecule has 49 heavy (non-hydrogen) atoms. The van der Waals surface area contributed by atoms with Gasteiger partial charge in [0.05, 0.1) is 16.8 Å². The van der Waals surface area contributed by atoms with Crippen LogP contribution in [0.4, 0.5) is 10.6 Å². The molecule has 12 heteroatoms. The highest BCUT2D eigenvalue weighted by atomic mass is 16.5. The first-order valence-corrected chi connectivity index (χ1v) is 17.2. The number of ether oxygens (including phenoxy) is 2. The average Bonchev–Trinajstić information content (AvgIpc) is 3.61. The first-order chi connectivity index (χ1) is 23.6. The van der Waals surface area contributed by atoms with E-state index in [9.17, 15) is 9.59 Å². The summed E-state index contributed by atoms with van der Waals surface area (Å²) in [5.74, 6) is 2.62. The van der Waals surface area contributed by atoms with Crippen LogP contribution in [0.15, 0.2) is 67.1 Å². The highest BCUT2D eigenvalue weighted by molar-refractivity contribution is 5.95. The largest absolute Gasteiger partial charge is 0.474 e. The average molecular weight is 665 g/mol. The maximum atomic E-state index is 13.5. The van der Waals surface area contributed by atoms with E-state index in [4.69, 9.17) is 14.5 Å². The first kappa shape index (κ1) is 32.5. The molecule has 2 amide bonds. The number of hydrogen-bond acceptors (Lipinski definition) is 9. The molecule has 4 atom stereocenters. The van der Waals surface area contributed by atoms with E-state index in [1.165, 1.54) is 25.7 Å². The Morgan fingerprint density at radius 1 is 1.02 bits per heavy atom. The van der Waals surface area contributed by atoms with Crippen LogP contribution in [0.25, 0.3) is 5.95 Å². The number of aryl methyl sites for hydroxylation is 1. The first-order valence-electron chi connectivity index (χ1n) is 17.2. The summed E-state index contributed by atoms with van der Waals surface area (Å²) >= 11 is 0. The number of nitrogens with one attached hydrogen (secondary N) is 2. The maximum absolute atomic E-state index is 13.5. The van der Waals surface area contributed by atoms with Crippen molar-refractivity contribution in [2.75, 3.05) is 18.4 Å². The predicted molar refractivity (Wildman–Crippen MR) is 183 cm³/mol. The highest BCUT2D eigenvalue weighted by Gasteiger charge is 2.59. The summed E-state index contributed by atoms with van der Waals surface area (Å²) in [6.45, 7) is 9.32. The van der Waals surface area contributed by atoms with Crippen molar-refractivity contribution >= 4 is 17.8 Å². The second-order valence-corrected chi connectivity index (χ2v) is 14.1. The lowest BCUT2D eigenvalue weighted by Gasteiger charge is -2.28. The number of likely N-dealkylation sites (tertiary alicyclic amines) is 1. The number of rotatable bonds is 11. The van der Waals surface area contributed by atoms with Gasteiger partial charge in [-0.15, -0.1) is 0 Å². The van der Waals surface area contributed by atoms with Crippen LogP contribution >= 0.6 is 0 Å². The Morgan fingerprint density at radius 3 is 2.45 bits per heavy atom. The zero-order chi connectivity index (χ0) is 34.1. The lowest BCUT2D eigenvalue weighted by Crippen LogP contribution is -2.41. The smallest absolute Gasteiger partial charge is 0.408 e. The van der Waals surface area contributed by atoms with Crippen molar-refractivity contribution < 1.29 is 19.1 Å². The molecule has 2 saturated carbocycles. The van der Waals surface area contributed by atoms with Gasteiger partial charge in [0.15, 0.2) is 0 Å². The van der Waals surface area contributed by atoms with Gasteiger partial charge in [-0.3, -0.25) is 4.79 Å². The number of aromatic nitrogens is 5. The lowest BCUT2D eigenvalue weighted by atomic mass is 9.94. The second-order valence-electron chi connectivity index (χ2n) is 14.1. The van der Waals surface area contributed by atoms with Crippen LogP contribution in [-0.2, 0) is 16.9 Å². The molecule has 1 saturated heterocycles. The minimum Gasteiger partial charge on any atom is -0.474 e. The number of carbonyl (C=O) groups excluding carboxylic acids is 2. The summed E-state index contributed by atoms with van der Waals surface area (Å²) in [6.07, 6.45) is 9.38. The van der Waals surface area contributed by atoms with E-state index >= 15 is 0 Å². The number of benzene rings is 1. The van der Waals surface area contributed by atoms with Gasteiger partial charge in [-0.05, 0) is 69.7 Å². The molecule has 0 spiro atoms. The number of carbonyl (C=O) groups is 2. The molecule has 1 aromatic carbocycles. The molecule has 7 rings (SSSR count). The molecule has 12 nitrogen and oxygen atoms in total. The summed E-state index contributed by atoms with van der Waals surface area (Å²) < 4.78 is 13.6. The van der Waals surface area contributed by atoms with Gasteiger partial charge in [-0.1, -0.05) is 43.2 Å². The molecule has 3 aliphatic rings. The molecule has 0 radical (unpaired) electrons. The summed E-state index contributed by atoms with van der Waals surface area (Å²) in [5.41, 5.74) is 2.19. The SMILES string of the molecule is Cc1nn(-c2ncccn2)cc1C(=O)N1C[C@@H]2C(Oc3cc(C(C)(C)NC(=O)OCc4ccccc4)cc(NC(C)C4CCCC4)n3)[C@@H]2C1. The number of nitrogens with zero attached hydrogens (tertiary/aromatic N) is 6. The molecule has 0 bridgehead atoms. The number of anilines is 1. The molecule has 3 aromatic heterocycles. The van der Waals surface area contributed by atoms with Crippen molar-refractivity contribution in [1.29, 1.82) is 0 Å². The summed E-state index contributed by atoms with van der Waals surface area (Å²) in [5, 5.41) is 11.1. The van der Waals surface area contributed by atoms with Gasteiger partial charge in [-0.25, -0.2) is 19.4 Å². The molecule has 2 unspecified atom stereocenters. The van der Waals surface area contributed by atoms with E-state index in [0.717, 1.165) is 16.9 Å². The Bertz CT molecular complexity index is 1780. The van der Waals surface area contributed by atoms with Gasteiger partial charge < -0.3 is 25.0 Å². The predicted octanol–water partition coefficient (Wildman–Crippen LogP) is 5.67. The molecule has 4 heterocycles. The highest BCUT2D eigenvalue weighted by Crippen LogP contribution is 2.48. The Hall–Kier alpha value is -5.00. The van der Waals surface area contributed by atoms with Crippen LogP contribution in [0.3, 0.4) is 0 Å². The third-order valence-corrected chi connectivity index (χ3v) is 10.2. The second kappa shape index (κ2) is 13.5. The summed E-state index contributed by atoms with van der Waals surface area (Å²) in [7, 11) is 0. The zero-order valence-electron chi connectivity index (χ0n) is 28.5. The summed E-state index contributed by atoms with van der Waals surface area (Å²) in [6, 6.07) is 15.5. The Labute approximate surface area is 286 Å². The third kappa shape index (κ3) is 7.23.